The Hall–Kier alpha value is -3.53. The fourth-order valence-electron chi connectivity index (χ4n) is 6.25. The molecule has 1 saturated carbocycles. The molecule has 0 radical (unpaired) electrons. The van der Waals surface area contributed by atoms with E-state index in [1.54, 1.807) is 12.1 Å². The minimum absolute atomic E-state index is 0.158. The number of aromatic nitrogens is 3. The predicted molar refractivity (Wildman–Crippen MR) is 177 cm³/mol. The van der Waals surface area contributed by atoms with Crippen LogP contribution in [0.4, 0.5) is 4.39 Å². The molecule has 4 heterocycles. The maximum absolute atomic E-state index is 15.1. The zero-order chi connectivity index (χ0) is 30.6. The molecule has 1 unspecified atom stereocenters. The van der Waals surface area contributed by atoms with Crippen molar-refractivity contribution in [1.82, 2.24) is 25.0 Å². The largest absolute Gasteiger partial charge is 0.356 e. The van der Waals surface area contributed by atoms with E-state index in [2.05, 4.69) is 22.3 Å². The second-order valence-electron chi connectivity index (χ2n) is 12.3. The first-order chi connectivity index (χ1) is 22.1. The third-order valence-electron chi connectivity index (χ3n) is 8.83. The van der Waals surface area contributed by atoms with Gasteiger partial charge in [0.25, 0.3) is 5.91 Å². The van der Waals surface area contributed by atoms with Gasteiger partial charge >= 0.3 is 0 Å². The van der Waals surface area contributed by atoms with Crippen molar-refractivity contribution in [2.45, 2.75) is 79.8 Å². The van der Waals surface area contributed by atoms with Crippen LogP contribution < -0.4 is 5.32 Å². The van der Waals surface area contributed by atoms with Gasteiger partial charge in [-0.25, -0.2) is 9.07 Å². The molecule has 7 nitrogen and oxygen atoms in total. The van der Waals surface area contributed by atoms with Gasteiger partial charge in [0.1, 0.15) is 5.82 Å². The Morgan fingerprint density at radius 1 is 1.02 bits per heavy atom. The van der Waals surface area contributed by atoms with E-state index in [1.807, 2.05) is 41.1 Å². The molecule has 3 aliphatic rings. The zero-order valence-electron chi connectivity index (χ0n) is 25.6. The van der Waals surface area contributed by atoms with Gasteiger partial charge in [0.15, 0.2) is 6.23 Å². The number of benzene rings is 2. The Labute approximate surface area is 268 Å². The molecule has 1 N–H and O–H groups in total. The van der Waals surface area contributed by atoms with E-state index in [-0.39, 0.29) is 18.2 Å². The van der Waals surface area contributed by atoms with Crippen LogP contribution in [0.25, 0.3) is 23.1 Å². The maximum Gasteiger partial charge on any atom is 0.252 e. The highest BCUT2D eigenvalue weighted by molar-refractivity contribution is 7.99. The van der Waals surface area contributed by atoms with Gasteiger partial charge in [0, 0.05) is 28.6 Å². The number of halogens is 1. The Balaban J connectivity index is 1.14. The number of fused-ring (bicyclic) bond motifs is 1. The van der Waals surface area contributed by atoms with E-state index in [0.29, 0.717) is 17.1 Å². The Morgan fingerprint density at radius 3 is 2.71 bits per heavy atom. The lowest BCUT2D eigenvalue weighted by atomic mass is 10.1. The molecule has 0 bridgehead atoms. The molecular formula is C36H40FN5O2S. The normalized spacial score (nSPS) is 19.1. The molecule has 234 valence electrons. The molecule has 4 aromatic rings. The number of nitrogens with zero attached hydrogens (tertiary/aromatic N) is 4. The van der Waals surface area contributed by atoms with Crippen molar-refractivity contribution in [3.05, 3.63) is 83.1 Å². The molecular weight excluding hydrogens is 585 g/mol. The molecule has 7 rings (SSSR count). The Morgan fingerprint density at radius 2 is 1.89 bits per heavy atom. The molecule has 2 aromatic heterocycles. The molecule has 1 aliphatic carbocycles. The van der Waals surface area contributed by atoms with Gasteiger partial charge < -0.3 is 15.0 Å². The van der Waals surface area contributed by atoms with Gasteiger partial charge in [-0.05, 0) is 132 Å². The van der Waals surface area contributed by atoms with Crippen molar-refractivity contribution in [3.63, 3.8) is 0 Å². The van der Waals surface area contributed by atoms with Crippen LogP contribution in [0.2, 0.25) is 0 Å². The predicted octanol–water partition coefficient (Wildman–Crippen LogP) is 7.51. The summed E-state index contributed by atoms with van der Waals surface area (Å²) in [6.45, 7) is 4.30. The fraction of sp³-hybridized carbons (Fsp3) is 0.417. The zero-order valence-corrected chi connectivity index (χ0v) is 26.4. The third-order valence-corrected chi connectivity index (χ3v) is 9.93. The van der Waals surface area contributed by atoms with Crippen LogP contribution in [0.5, 0.6) is 0 Å². The maximum atomic E-state index is 15.1. The van der Waals surface area contributed by atoms with Crippen molar-refractivity contribution < 1.29 is 13.9 Å². The van der Waals surface area contributed by atoms with Crippen LogP contribution in [0.15, 0.2) is 64.4 Å². The van der Waals surface area contributed by atoms with Gasteiger partial charge in [-0.15, -0.1) is 0 Å². The molecule has 3 fully saturated rings. The van der Waals surface area contributed by atoms with E-state index in [1.165, 1.54) is 43.8 Å². The number of pyridine rings is 1. The number of rotatable bonds is 11. The number of carbonyl (C=O) groups excluding carboxylic acids is 1. The lowest BCUT2D eigenvalue weighted by Gasteiger charge is -2.23. The van der Waals surface area contributed by atoms with Gasteiger partial charge in [0.2, 0.25) is 0 Å². The van der Waals surface area contributed by atoms with Crippen molar-refractivity contribution in [1.29, 1.82) is 0 Å². The third kappa shape index (κ3) is 7.32. The Bertz CT molecular complexity index is 1690. The first kappa shape index (κ1) is 30.1. The molecule has 0 spiro atoms. The summed E-state index contributed by atoms with van der Waals surface area (Å²) in [6.07, 6.45) is 13.6. The van der Waals surface area contributed by atoms with E-state index in [0.717, 1.165) is 84.4 Å². The smallest absolute Gasteiger partial charge is 0.252 e. The van der Waals surface area contributed by atoms with E-state index < -0.39 is 5.82 Å². The summed E-state index contributed by atoms with van der Waals surface area (Å²) in [7, 11) is 0. The second kappa shape index (κ2) is 13.8. The van der Waals surface area contributed by atoms with Crippen LogP contribution in [-0.4, -0.2) is 57.9 Å². The van der Waals surface area contributed by atoms with Gasteiger partial charge in [-0.1, -0.05) is 23.9 Å². The standard InChI is InChI=1S/C36H40FN5O2S/c37-31-12-6-11-30(36(43)39-27-14-15-27)35(31)45-28-17-18-29-32(40-42(33(29)24-28)34-13-1-4-23-44-34)19-16-26-9-5-8-25(38-26)10-7-22-41-20-2-3-21-41/h5-6,8-9,11-12,16-19,24,27,34H,1-4,7,10,13-15,20-23H2,(H,39,43)/b19-16+. The highest BCUT2D eigenvalue weighted by atomic mass is 32.2. The van der Waals surface area contributed by atoms with Gasteiger partial charge in [-0.2, -0.15) is 5.10 Å². The average molecular weight is 626 g/mol. The highest BCUT2D eigenvalue weighted by Crippen LogP contribution is 2.37. The average Bonchev–Trinajstić information content (AvgIpc) is 3.57. The molecule has 9 heteroatoms. The molecule has 1 atom stereocenters. The lowest BCUT2D eigenvalue weighted by molar-refractivity contribution is -0.0367. The van der Waals surface area contributed by atoms with Crippen LogP contribution >= 0.6 is 11.8 Å². The number of amides is 1. The van der Waals surface area contributed by atoms with Crippen molar-refractivity contribution in [2.75, 3.05) is 26.2 Å². The topological polar surface area (TPSA) is 72.3 Å². The second-order valence-corrected chi connectivity index (χ2v) is 13.4. The number of carbonyl (C=O) groups is 1. The summed E-state index contributed by atoms with van der Waals surface area (Å²) in [5, 5.41) is 9.01. The highest BCUT2D eigenvalue weighted by Gasteiger charge is 2.26. The number of ether oxygens (including phenoxy) is 1. The number of aryl methyl sites for hydroxylation is 1. The summed E-state index contributed by atoms with van der Waals surface area (Å²) < 4.78 is 23.2. The van der Waals surface area contributed by atoms with E-state index in [9.17, 15) is 4.79 Å². The fourth-order valence-corrected chi connectivity index (χ4v) is 7.23. The molecule has 45 heavy (non-hydrogen) atoms. The van der Waals surface area contributed by atoms with Crippen molar-refractivity contribution in [3.8, 4) is 0 Å². The summed E-state index contributed by atoms with van der Waals surface area (Å²) >= 11 is 1.27. The summed E-state index contributed by atoms with van der Waals surface area (Å²) in [6, 6.07) is 17.2. The summed E-state index contributed by atoms with van der Waals surface area (Å²) in [4.78, 5) is 21.5. The number of hydrogen-bond donors (Lipinski definition) is 1. The van der Waals surface area contributed by atoms with Gasteiger partial charge in [-0.3, -0.25) is 9.78 Å². The van der Waals surface area contributed by atoms with Crippen LogP contribution in [0.3, 0.4) is 0 Å². The van der Waals surface area contributed by atoms with Crippen molar-refractivity contribution in [2.24, 2.45) is 0 Å². The first-order valence-corrected chi connectivity index (χ1v) is 17.2. The summed E-state index contributed by atoms with van der Waals surface area (Å²) in [5.74, 6) is -0.625. The quantitative estimate of drug-likeness (QED) is 0.186. The summed E-state index contributed by atoms with van der Waals surface area (Å²) in [5.41, 5.74) is 4.16. The molecule has 1 amide bonds. The minimum Gasteiger partial charge on any atom is -0.356 e. The molecule has 2 aromatic carbocycles. The van der Waals surface area contributed by atoms with Crippen LogP contribution in [0.1, 0.15) is 85.0 Å². The number of likely N-dealkylation sites (tertiary alicyclic amines) is 1. The van der Waals surface area contributed by atoms with Crippen molar-refractivity contribution >= 4 is 40.7 Å². The molecule has 2 aliphatic heterocycles. The van der Waals surface area contributed by atoms with E-state index >= 15 is 4.39 Å². The minimum atomic E-state index is -0.401. The van der Waals surface area contributed by atoms with Crippen LogP contribution in [-0.2, 0) is 11.2 Å². The van der Waals surface area contributed by atoms with Crippen LogP contribution in [0, 0.1) is 5.82 Å². The number of nitrogens with one attached hydrogen (secondary N) is 1. The monoisotopic (exact) mass is 625 g/mol. The SMILES string of the molecule is O=C(NC1CC1)c1cccc(F)c1Sc1ccc2c(/C=C/c3cccc(CCCN4CCCC4)n3)nn(C3CCCCO3)c2c1. The lowest BCUT2D eigenvalue weighted by Crippen LogP contribution is -2.26. The molecule has 2 saturated heterocycles. The number of hydrogen-bond acceptors (Lipinski definition) is 6. The first-order valence-electron chi connectivity index (χ1n) is 16.4. The van der Waals surface area contributed by atoms with E-state index in [4.69, 9.17) is 14.8 Å². The Kier molecular flexibility index (Phi) is 9.28. The van der Waals surface area contributed by atoms with Gasteiger partial charge in [0.05, 0.1) is 27.4 Å².